The number of imide groups is 1. The number of hydrogen-bond acceptors (Lipinski definition) is 4. The van der Waals surface area contributed by atoms with Gasteiger partial charge in [-0.05, 0) is 54.1 Å². The Morgan fingerprint density at radius 1 is 0.897 bits per heavy atom. The van der Waals surface area contributed by atoms with Crippen molar-refractivity contribution in [2.45, 2.75) is 12.7 Å². The fraction of sp³-hybridized carbons (Fsp3) is 0.0952. The molecule has 5 nitrogen and oxygen atoms in total. The Hall–Kier alpha value is -3.68. The number of fused-ring (bicyclic) bond motifs is 1. The van der Waals surface area contributed by atoms with Crippen LogP contribution in [0.3, 0.4) is 0 Å². The standard InChI is InChI=1S/C21H13F3N2O3/c22-21(23,24)14-3-5-15(6-4-14)29-16-7-8-17-18(10-16)20(28)26(19(17)27)12-13-2-1-9-25-11-13/h1-11H,12H2. The van der Waals surface area contributed by atoms with E-state index in [1.54, 1.807) is 24.5 Å². The summed E-state index contributed by atoms with van der Waals surface area (Å²) < 4.78 is 43.5. The summed E-state index contributed by atoms with van der Waals surface area (Å²) in [5.74, 6) is -0.462. The molecule has 2 amide bonds. The molecule has 2 heterocycles. The molecule has 4 rings (SSSR count). The summed E-state index contributed by atoms with van der Waals surface area (Å²) in [5.41, 5.74) is 0.357. The lowest BCUT2D eigenvalue weighted by Crippen LogP contribution is -2.29. The van der Waals surface area contributed by atoms with Crippen molar-refractivity contribution in [2.75, 3.05) is 0 Å². The lowest BCUT2D eigenvalue weighted by atomic mass is 10.1. The third-order valence-electron chi connectivity index (χ3n) is 4.42. The van der Waals surface area contributed by atoms with Crippen LogP contribution >= 0.6 is 0 Å². The largest absolute Gasteiger partial charge is 0.457 e. The minimum absolute atomic E-state index is 0.0925. The number of hydrogen-bond donors (Lipinski definition) is 0. The normalized spacial score (nSPS) is 13.6. The van der Waals surface area contributed by atoms with E-state index in [1.165, 1.54) is 30.3 Å². The van der Waals surface area contributed by atoms with Crippen molar-refractivity contribution in [1.29, 1.82) is 0 Å². The summed E-state index contributed by atoms with van der Waals surface area (Å²) in [5, 5.41) is 0. The van der Waals surface area contributed by atoms with Crippen molar-refractivity contribution in [3.8, 4) is 11.5 Å². The Morgan fingerprint density at radius 2 is 1.59 bits per heavy atom. The first-order valence-electron chi connectivity index (χ1n) is 8.57. The van der Waals surface area contributed by atoms with Crippen LogP contribution in [-0.4, -0.2) is 21.7 Å². The first-order chi connectivity index (χ1) is 13.8. The van der Waals surface area contributed by atoms with E-state index in [1.807, 2.05) is 0 Å². The molecule has 8 heteroatoms. The molecule has 1 aliphatic rings. The van der Waals surface area contributed by atoms with Crippen molar-refractivity contribution in [3.63, 3.8) is 0 Å². The van der Waals surface area contributed by atoms with Crippen LogP contribution in [0.25, 0.3) is 0 Å². The molecule has 2 aromatic carbocycles. The van der Waals surface area contributed by atoms with E-state index < -0.39 is 23.6 Å². The molecule has 0 spiro atoms. The zero-order valence-electron chi connectivity index (χ0n) is 14.8. The number of halogens is 3. The summed E-state index contributed by atoms with van der Waals surface area (Å²) in [4.78, 5) is 30.3. The number of carbonyl (C=O) groups is 2. The molecule has 1 aliphatic heterocycles. The van der Waals surface area contributed by atoms with Gasteiger partial charge >= 0.3 is 6.18 Å². The first kappa shape index (κ1) is 18.7. The lowest BCUT2D eigenvalue weighted by molar-refractivity contribution is -0.137. The van der Waals surface area contributed by atoms with E-state index in [2.05, 4.69) is 4.98 Å². The van der Waals surface area contributed by atoms with Crippen LogP contribution in [0.1, 0.15) is 31.8 Å². The molecule has 0 radical (unpaired) electrons. The van der Waals surface area contributed by atoms with Crippen molar-refractivity contribution in [1.82, 2.24) is 9.88 Å². The molecule has 0 bridgehead atoms. The van der Waals surface area contributed by atoms with Crippen LogP contribution in [0.5, 0.6) is 11.5 Å². The van der Waals surface area contributed by atoms with E-state index >= 15 is 0 Å². The molecular weight excluding hydrogens is 385 g/mol. The summed E-state index contributed by atoms with van der Waals surface area (Å²) in [6.45, 7) is 0.0925. The van der Waals surface area contributed by atoms with Gasteiger partial charge in [0.15, 0.2) is 0 Å². The Labute approximate surface area is 163 Å². The number of aromatic nitrogens is 1. The fourth-order valence-corrected chi connectivity index (χ4v) is 3.00. The van der Waals surface area contributed by atoms with E-state index in [0.717, 1.165) is 17.0 Å². The van der Waals surface area contributed by atoms with Crippen molar-refractivity contribution in [3.05, 3.63) is 89.2 Å². The molecule has 0 atom stereocenters. The minimum atomic E-state index is -4.43. The third-order valence-corrected chi connectivity index (χ3v) is 4.42. The van der Waals surface area contributed by atoms with Gasteiger partial charge in [0.1, 0.15) is 11.5 Å². The quantitative estimate of drug-likeness (QED) is 0.599. The molecular formula is C21H13F3N2O3. The second-order valence-corrected chi connectivity index (χ2v) is 6.39. The Balaban J connectivity index is 1.54. The SMILES string of the molecule is O=C1c2ccc(Oc3ccc(C(F)(F)F)cc3)cc2C(=O)N1Cc1cccnc1. The van der Waals surface area contributed by atoms with Gasteiger partial charge in [-0.3, -0.25) is 19.5 Å². The molecule has 0 fully saturated rings. The van der Waals surface area contributed by atoms with E-state index in [4.69, 9.17) is 4.74 Å². The average Bonchev–Trinajstić information content (AvgIpc) is 2.93. The van der Waals surface area contributed by atoms with Crippen LogP contribution in [0, 0.1) is 0 Å². The minimum Gasteiger partial charge on any atom is -0.457 e. The van der Waals surface area contributed by atoms with E-state index in [-0.39, 0.29) is 29.2 Å². The highest BCUT2D eigenvalue weighted by molar-refractivity contribution is 6.21. The summed E-state index contributed by atoms with van der Waals surface area (Å²) >= 11 is 0. The summed E-state index contributed by atoms with van der Waals surface area (Å²) in [7, 11) is 0. The van der Waals surface area contributed by atoms with Gasteiger partial charge in [0.25, 0.3) is 11.8 Å². The number of rotatable bonds is 4. The van der Waals surface area contributed by atoms with E-state index in [9.17, 15) is 22.8 Å². The fourth-order valence-electron chi connectivity index (χ4n) is 3.00. The Bertz CT molecular complexity index is 1080. The van der Waals surface area contributed by atoms with Gasteiger partial charge in [-0.25, -0.2) is 0 Å². The monoisotopic (exact) mass is 398 g/mol. The first-order valence-corrected chi connectivity index (χ1v) is 8.57. The van der Waals surface area contributed by atoms with Crippen molar-refractivity contribution in [2.24, 2.45) is 0 Å². The molecule has 0 unspecified atom stereocenters. The molecule has 1 aromatic heterocycles. The molecule has 29 heavy (non-hydrogen) atoms. The molecule has 0 aliphatic carbocycles. The second kappa shape index (κ2) is 7.05. The number of ether oxygens (including phenoxy) is 1. The second-order valence-electron chi connectivity index (χ2n) is 6.39. The Morgan fingerprint density at radius 3 is 2.24 bits per heavy atom. The summed E-state index contributed by atoms with van der Waals surface area (Å²) in [6, 6.07) is 12.1. The van der Waals surface area contributed by atoms with Crippen LogP contribution in [-0.2, 0) is 12.7 Å². The number of amides is 2. The highest BCUT2D eigenvalue weighted by Gasteiger charge is 2.36. The number of alkyl halides is 3. The molecule has 0 saturated carbocycles. The highest BCUT2D eigenvalue weighted by Crippen LogP contribution is 2.33. The van der Waals surface area contributed by atoms with Gasteiger partial charge in [0, 0.05) is 12.4 Å². The molecule has 3 aromatic rings. The zero-order chi connectivity index (χ0) is 20.6. The number of carbonyl (C=O) groups excluding carboxylic acids is 2. The summed E-state index contributed by atoms with van der Waals surface area (Å²) in [6.07, 6.45) is -1.27. The maximum atomic E-state index is 12.7. The zero-order valence-corrected chi connectivity index (χ0v) is 14.8. The topological polar surface area (TPSA) is 59.5 Å². The van der Waals surface area contributed by atoms with Crippen molar-refractivity contribution >= 4 is 11.8 Å². The van der Waals surface area contributed by atoms with Gasteiger partial charge in [-0.2, -0.15) is 13.2 Å². The molecule has 0 N–H and O–H groups in total. The lowest BCUT2D eigenvalue weighted by Gasteiger charge is -2.13. The van der Waals surface area contributed by atoms with E-state index in [0.29, 0.717) is 5.56 Å². The predicted molar refractivity (Wildman–Crippen MR) is 96.4 cm³/mol. The maximum absolute atomic E-state index is 12.7. The Kier molecular flexibility index (Phi) is 4.54. The third kappa shape index (κ3) is 3.69. The maximum Gasteiger partial charge on any atom is 0.416 e. The average molecular weight is 398 g/mol. The number of benzene rings is 2. The predicted octanol–water partition coefficient (Wildman–Crippen LogP) is 4.69. The van der Waals surface area contributed by atoms with Crippen LogP contribution in [0.15, 0.2) is 67.0 Å². The molecule has 146 valence electrons. The van der Waals surface area contributed by atoms with Gasteiger partial charge in [0.2, 0.25) is 0 Å². The van der Waals surface area contributed by atoms with Crippen LogP contribution in [0.4, 0.5) is 13.2 Å². The van der Waals surface area contributed by atoms with Gasteiger partial charge in [-0.15, -0.1) is 0 Å². The van der Waals surface area contributed by atoms with Crippen molar-refractivity contribution < 1.29 is 27.5 Å². The van der Waals surface area contributed by atoms with Crippen LogP contribution in [0.2, 0.25) is 0 Å². The number of nitrogens with zero attached hydrogens (tertiary/aromatic N) is 2. The smallest absolute Gasteiger partial charge is 0.416 e. The van der Waals surface area contributed by atoms with Gasteiger partial charge in [-0.1, -0.05) is 6.07 Å². The highest BCUT2D eigenvalue weighted by atomic mass is 19.4. The van der Waals surface area contributed by atoms with Gasteiger partial charge < -0.3 is 4.74 Å². The number of pyridine rings is 1. The molecule has 0 saturated heterocycles. The van der Waals surface area contributed by atoms with Crippen LogP contribution < -0.4 is 4.74 Å². The van der Waals surface area contributed by atoms with Gasteiger partial charge in [0.05, 0.1) is 23.2 Å².